The average molecular weight is 236 g/mol. The number of hydrogen-bond donors (Lipinski definition) is 1. The lowest BCUT2D eigenvalue weighted by Gasteiger charge is -2.10. The Morgan fingerprint density at radius 3 is 2.61 bits per heavy atom. The van der Waals surface area contributed by atoms with Crippen LogP contribution < -0.4 is 5.32 Å². The first-order chi connectivity index (χ1) is 8.84. The predicted molar refractivity (Wildman–Crippen MR) is 76.7 cm³/mol. The third kappa shape index (κ3) is 1.97. The van der Waals surface area contributed by atoms with E-state index in [9.17, 15) is 0 Å². The Balaban J connectivity index is 1.89. The number of nitrogens with one attached hydrogen (secondary N) is 1. The first-order valence-corrected chi connectivity index (χ1v) is 6.16. The van der Waals surface area contributed by atoms with Gasteiger partial charge in [0, 0.05) is 30.0 Å². The maximum Gasteiger partial charge on any atom is 0.0553 e. The molecule has 0 aliphatic heterocycles. The van der Waals surface area contributed by atoms with Gasteiger partial charge in [-0.15, -0.1) is 0 Å². The van der Waals surface area contributed by atoms with E-state index in [0.717, 1.165) is 6.54 Å². The van der Waals surface area contributed by atoms with E-state index < -0.39 is 0 Å². The Kier molecular flexibility index (Phi) is 2.77. The van der Waals surface area contributed by atoms with Crippen molar-refractivity contribution in [1.29, 1.82) is 0 Å². The van der Waals surface area contributed by atoms with E-state index in [4.69, 9.17) is 0 Å². The van der Waals surface area contributed by atoms with Crippen LogP contribution in [0.15, 0.2) is 60.8 Å². The monoisotopic (exact) mass is 236 g/mol. The Morgan fingerprint density at radius 2 is 1.78 bits per heavy atom. The number of aryl methyl sites for hydroxylation is 1. The number of fused-ring (bicyclic) bond motifs is 1. The fourth-order valence-corrected chi connectivity index (χ4v) is 2.25. The van der Waals surface area contributed by atoms with Crippen molar-refractivity contribution in [1.82, 2.24) is 4.57 Å². The Morgan fingerprint density at radius 1 is 0.944 bits per heavy atom. The molecule has 1 aromatic heterocycles. The van der Waals surface area contributed by atoms with Crippen LogP contribution >= 0.6 is 0 Å². The molecule has 0 bridgehead atoms. The molecule has 1 heterocycles. The lowest BCUT2D eigenvalue weighted by Crippen LogP contribution is -2.04. The normalized spacial score (nSPS) is 10.7. The molecule has 2 heteroatoms. The molecule has 0 aliphatic rings. The van der Waals surface area contributed by atoms with Crippen molar-refractivity contribution >= 4 is 16.5 Å². The molecule has 2 nitrogen and oxygen atoms in total. The van der Waals surface area contributed by atoms with Crippen molar-refractivity contribution in [3.05, 3.63) is 66.5 Å². The van der Waals surface area contributed by atoms with Crippen LogP contribution in [0.3, 0.4) is 0 Å². The topological polar surface area (TPSA) is 17.0 Å². The minimum atomic E-state index is 0.845. The van der Waals surface area contributed by atoms with Crippen molar-refractivity contribution < 1.29 is 0 Å². The molecule has 0 saturated heterocycles. The first kappa shape index (κ1) is 10.9. The Bertz CT molecular complexity index is 662. The van der Waals surface area contributed by atoms with Crippen LogP contribution in [0, 0.1) is 0 Å². The summed E-state index contributed by atoms with van der Waals surface area (Å²) >= 11 is 0. The molecular formula is C16H16N2. The van der Waals surface area contributed by atoms with Gasteiger partial charge in [0.1, 0.15) is 0 Å². The number of nitrogens with zero attached hydrogens (tertiary/aromatic N) is 1. The summed E-state index contributed by atoms with van der Waals surface area (Å²) in [5.41, 5.74) is 2.47. The molecule has 2 aromatic carbocycles. The van der Waals surface area contributed by atoms with Gasteiger partial charge in [-0.1, -0.05) is 36.4 Å². The molecule has 0 atom stereocenters. The maximum atomic E-state index is 3.51. The van der Waals surface area contributed by atoms with Crippen LogP contribution in [0.2, 0.25) is 0 Å². The standard InChI is InChI=1S/C16H16N2/c1-18-11-5-8-14(18)12-17-16-10-4-7-13-6-2-3-9-15(13)16/h2-11,17H,12H2,1H3. The van der Waals surface area contributed by atoms with Gasteiger partial charge in [0.05, 0.1) is 6.54 Å². The largest absolute Gasteiger partial charge is 0.379 e. The van der Waals surface area contributed by atoms with Gasteiger partial charge in [-0.25, -0.2) is 0 Å². The van der Waals surface area contributed by atoms with Gasteiger partial charge in [-0.05, 0) is 23.6 Å². The molecule has 90 valence electrons. The van der Waals surface area contributed by atoms with E-state index in [1.165, 1.54) is 22.2 Å². The third-order valence-electron chi connectivity index (χ3n) is 3.30. The van der Waals surface area contributed by atoms with Gasteiger partial charge in [-0.2, -0.15) is 0 Å². The van der Waals surface area contributed by atoms with Gasteiger partial charge in [0.2, 0.25) is 0 Å². The van der Waals surface area contributed by atoms with Gasteiger partial charge in [0.25, 0.3) is 0 Å². The molecule has 0 unspecified atom stereocenters. The van der Waals surface area contributed by atoms with Gasteiger partial charge in [0.15, 0.2) is 0 Å². The molecule has 3 rings (SSSR count). The van der Waals surface area contributed by atoms with Crippen molar-refractivity contribution in [2.45, 2.75) is 6.54 Å². The van der Waals surface area contributed by atoms with E-state index >= 15 is 0 Å². The molecule has 0 radical (unpaired) electrons. The second-order valence-electron chi connectivity index (χ2n) is 4.49. The molecule has 0 saturated carbocycles. The molecule has 0 aliphatic carbocycles. The van der Waals surface area contributed by atoms with Crippen molar-refractivity contribution in [2.24, 2.45) is 7.05 Å². The zero-order valence-electron chi connectivity index (χ0n) is 10.4. The summed E-state index contributed by atoms with van der Waals surface area (Å²) < 4.78 is 2.14. The Labute approximate surface area is 107 Å². The molecule has 18 heavy (non-hydrogen) atoms. The number of anilines is 1. The highest BCUT2D eigenvalue weighted by Crippen LogP contribution is 2.23. The second kappa shape index (κ2) is 4.57. The number of benzene rings is 2. The molecule has 0 fully saturated rings. The molecule has 0 spiro atoms. The molecule has 0 amide bonds. The molecule has 1 N–H and O–H groups in total. The highest BCUT2D eigenvalue weighted by molar-refractivity contribution is 5.93. The summed E-state index contributed by atoms with van der Waals surface area (Å²) in [6.45, 7) is 0.845. The van der Waals surface area contributed by atoms with Crippen molar-refractivity contribution in [2.75, 3.05) is 5.32 Å². The van der Waals surface area contributed by atoms with Gasteiger partial charge >= 0.3 is 0 Å². The van der Waals surface area contributed by atoms with Crippen LogP contribution in [0.4, 0.5) is 5.69 Å². The van der Waals surface area contributed by atoms with Gasteiger partial charge < -0.3 is 9.88 Å². The summed E-state index contributed by atoms with van der Waals surface area (Å²) in [4.78, 5) is 0. The summed E-state index contributed by atoms with van der Waals surface area (Å²) in [5, 5.41) is 6.06. The van der Waals surface area contributed by atoms with Crippen LogP contribution in [0.25, 0.3) is 10.8 Å². The quantitative estimate of drug-likeness (QED) is 0.732. The second-order valence-corrected chi connectivity index (χ2v) is 4.49. The summed E-state index contributed by atoms with van der Waals surface area (Å²) in [6.07, 6.45) is 2.07. The number of rotatable bonds is 3. The number of hydrogen-bond acceptors (Lipinski definition) is 1. The lowest BCUT2D eigenvalue weighted by atomic mass is 10.1. The van der Waals surface area contributed by atoms with Crippen LogP contribution in [-0.4, -0.2) is 4.57 Å². The minimum absolute atomic E-state index is 0.845. The lowest BCUT2D eigenvalue weighted by molar-refractivity contribution is 0.843. The van der Waals surface area contributed by atoms with E-state index in [-0.39, 0.29) is 0 Å². The maximum absolute atomic E-state index is 3.51. The van der Waals surface area contributed by atoms with Crippen LogP contribution in [0.1, 0.15) is 5.69 Å². The summed E-state index contributed by atoms with van der Waals surface area (Å²) in [6, 6.07) is 19.0. The van der Waals surface area contributed by atoms with Crippen LogP contribution in [-0.2, 0) is 13.6 Å². The van der Waals surface area contributed by atoms with Crippen LogP contribution in [0.5, 0.6) is 0 Å². The van der Waals surface area contributed by atoms with E-state index in [2.05, 4.69) is 77.7 Å². The minimum Gasteiger partial charge on any atom is -0.379 e. The van der Waals surface area contributed by atoms with Crippen molar-refractivity contribution in [3.63, 3.8) is 0 Å². The highest BCUT2D eigenvalue weighted by Gasteiger charge is 2.01. The molecular weight excluding hydrogens is 220 g/mol. The fourth-order valence-electron chi connectivity index (χ4n) is 2.25. The molecule has 3 aromatic rings. The first-order valence-electron chi connectivity index (χ1n) is 6.16. The van der Waals surface area contributed by atoms with E-state index in [1.54, 1.807) is 0 Å². The average Bonchev–Trinajstić information content (AvgIpc) is 2.82. The zero-order chi connectivity index (χ0) is 12.4. The third-order valence-corrected chi connectivity index (χ3v) is 3.30. The number of aromatic nitrogens is 1. The van der Waals surface area contributed by atoms with E-state index in [1.807, 2.05) is 0 Å². The predicted octanol–water partition coefficient (Wildman–Crippen LogP) is 3.79. The van der Waals surface area contributed by atoms with E-state index in [0.29, 0.717) is 0 Å². The van der Waals surface area contributed by atoms with Crippen molar-refractivity contribution in [3.8, 4) is 0 Å². The summed E-state index contributed by atoms with van der Waals surface area (Å²) in [5.74, 6) is 0. The smallest absolute Gasteiger partial charge is 0.0553 e. The fraction of sp³-hybridized carbons (Fsp3) is 0.125. The zero-order valence-corrected chi connectivity index (χ0v) is 10.4. The highest BCUT2D eigenvalue weighted by atomic mass is 15.0. The SMILES string of the molecule is Cn1cccc1CNc1cccc2ccccc12. The van der Waals surface area contributed by atoms with Gasteiger partial charge in [-0.3, -0.25) is 0 Å². The summed E-state index contributed by atoms with van der Waals surface area (Å²) in [7, 11) is 2.07. The Hall–Kier alpha value is -2.22.